The van der Waals surface area contributed by atoms with Gasteiger partial charge in [-0.1, -0.05) is 0 Å². The normalized spacial score (nSPS) is 25.3. The Morgan fingerprint density at radius 1 is 1.50 bits per heavy atom. The third-order valence-electron chi connectivity index (χ3n) is 2.83. The van der Waals surface area contributed by atoms with Crippen molar-refractivity contribution in [2.24, 2.45) is 0 Å². The molecule has 0 atom stereocenters. The first-order chi connectivity index (χ1) is 7.65. The SMILES string of the molecule is Cc1cc(N)cnc1NC1CCS(=O)CC1. The molecule has 5 heteroatoms. The average Bonchev–Trinajstić information content (AvgIpc) is 2.25. The molecule has 1 aromatic rings. The van der Waals surface area contributed by atoms with Crippen LogP contribution < -0.4 is 11.1 Å². The van der Waals surface area contributed by atoms with Gasteiger partial charge in [0.25, 0.3) is 0 Å². The first-order valence-corrected chi connectivity index (χ1v) is 6.97. The van der Waals surface area contributed by atoms with E-state index in [1.165, 1.54) is 0 Å². The van der Waals surface area contributed by atoms with Gasteiger partial charge in [-0.2, -0.15) is 0 Å². The smallest absolute Gasteiger partial charge is 0.129 e. The van der Waals surface area contributed by atoms with Gasteiger partial charge >= 0.3 is 0 Å². The van der Waals surface area contributed by atoms with E-state index in [-0.39, 0.29) is 0 Å². The minimum Gasteiger partial charge on any atom is -0.397 e. The van der Waals surface area contributed by atoms with Crippen LogP contribution in [0.15, 0.2) is 12.3 Å². The Labute approximate surface area is 98.1 Å². The minimum atomic E-state index is -0.608. The van der Waals surface area contributed by atoms with Crippen LogP contribution in [0.1, 0.15) is 18.4 Å². The van der Waals surface area contributed by atoms with Crippen molar-refractivity contribution in [1.29, 1.82) is 0 Å². The maximum atomic E-state index is 11.2. The van der Waals surface area contributed by atoms with Gasteiger partial charge in [0.15, 0.2) is 0 Å². The Kier molecular flexibility index (Phi) is 3.43. The second-order valence-electron chi connectivity index (χ2n) is 4.20. The number of hydrogen-bond acceptors (Lipinski definition) is 4. The maximum absolute atomic E-state index is 11.2. The molecule has 1 saturated heterocycles. The van der Waals surface area contributed by atoms with Crippen LogP contribution in [-0.4, -0.2) is 26.7 Å². The third kappa shape index (κ3) is 2.72. The molecule has 0 aliphatic carbocycles. The number of nitrogens with two attached hydrogens (primary N) is 1. The number of nitrogen functional groups attached to an aromatic ring is 1. The highest BCUT2D eigenvalue weighted by Crippen LogP contribution is 2.19. The Balaban J connectivity index is 2.01. The van der Waals surface area contributed by atoms with Crippen molar-refractivity contribution < 1.29 is 4.21 Å². The summed E-state index contributed by atoms with van der Waals surface area (Å²) in [5.41, 5.74) is 7.40. The monoisotopic (exact) mass is 239 g/mol. The lowest BCUT2D eigenvalue weighted by Crippen LogP contribution is -2.30. The third-order valence-corrected chi connectivity index (χ3v) is 4.21. The predicted molar refractivity (Wildman–Crippen MR) is 67.9 cm³/mol. The number of aryl methyl sites for hydroxylation is 1. The lowest BCUT2D eigenvalue weighted by Gasteiger charge is -2.23. The molecular weight excluding hydrogens is 222 g/mol. The summed E-state index contributed by atoms with van der Waals surface area (Å²) >= 11 is 0. The summed E-state index contributed by atoms with van der Waals surface area (Å²) < 4.78 is 11.2. The van der Waals surface area contributed by atoms with Crippen molar-refractivity contribution in [2.45, 2.75) is 25.8 Å². The van der Waals surface area contributed by atoms with Crippen molar-refractivity contribution in [3.8, 4) is 0 Å². The summed E-state index contributed by atoms with van der Waals surface area (Å²) in [6.07, 6.45) is 3.58. The minimum absolute atomic E-state index is 0.396. The zero-order chi connectivity index (χ0) is 11.5. The summed E-state index contributed by atoms with van der Waals surface area (Å²) in [4.78, 5) is 4.28. The molecule has 0 aromatic carbocycles. The lowest BCUT2D eigenvalue weighted by atomic mass is 10.1. The number of aromatic nitrogens is 1. The number of rotatable bonds is 2. The molecular formula is C11H17N3OS. The fourth-order valence-electron chi connectivity index (χ4n) is 1.88. The molecule has 4 nitrogen and oxygen atoms in total. The number of pyridine rings is 1. The van der Waals surface area contributed by atoms with Crippen LogP contribution in [0.4, 0.5) is 11.5 Å². The molecule has 0 amide bonds. The van der Waals surface area contributed by atoms with E-state index in [4.69, 9.17) is 5.73 Å². The molecule has 0 spiro atoms. The second kappa shape index (κ2) is 4.82. The Bertz CT molecular complexity index is 398. The quantitative estimate of drug-likeness (QED) is 0.816. The molecule has 2 heterocycles. The van der Waals surface area contributed by atoms with Gasteiger partial charge in [0.2, 0.25) is 0 Å². The fraction of sp³-hybridized carbons (Fsp3) is 0.545. The summed E-state index contributed by atoms with van der Waals surface area (Å²) in [7, 11) is -0.608. The maximum Gasteiger partial charge on any atom is 0.129 e. The summed E-state index contributed by atoms with van der Waals surface area (Å²) in [5.74, 6) is 2.49. The van der Waals surface area contributed by atoms with Crippen molar-refractivity contribution in [2.75, 3.05) is 22.6 Å². The molecule has 2 rings (SSSR count). The van der Waals surface area contributed by atoms with E-state index >= 15 is 0 Å². The van der Waals surface area contributed by atoms with Crippen molar-refractivity contribution in [1.82, 2.24) is 4.98 Å². The standard InChI is InChI=1S/C11H17N3OS/c1-8-6-9(12)7-13-11(8)14-10-2-4-16(15)5-3-10/h6-7,10H,2-5,12H2,1H3,(H,13,14). The molecule has 1 aliphatic heterocycles. The van der Waals surface area contributed by atoms with Crippen LogP contribution in [0.3, 0.4) is 0 Å². The predicted octanol–water partition coefficient (Wildman–Crippen LogP) is 1.30. The van der Waals surface area contributed by atoms with Crippen molar-refractivity contribution >= 4 is 22.3 Å². The van der Waals surface area contributed by atoms with Crippen LogP contribution >= 0.6 is 0 Å². The molecule has 0 bridgehead atoms. The van der Waals surface area contributed by atoms with E-state index in [1.54, 1.807) is 6.20 Å². The lowest BCUT2D eigenvalue weighted by molar-refractivity contribution is 0.622. The number of anilines is 2. The highest BCUT2D eigenvalue weighted by atomic mass is 32.2. The zero-order valence-corrected chi connectivity index (χ0v) is 10.2. The zero-order valence-electron chi connectivity index (χ0n) is 9.40. The largest absolute Gasteiger partial charge is 0.397 e. The van der Waals surface area contributed by atoms with E-state index in [9.17, 15) is 4.21 Å². The van der Waals surface area contributed by atoms with Crippen LogP contribution in [0.5, 0.6) is 0 Å². The van der Waals surface area contributed by atoms with Crippen molar-refractivity contribution in [3.63, 3.8) is 0 Å². The Hall–Kier alpha value is -1.10. The molecule has 1 fully saturated rings. The van der Waals surface area contributed by atoms with E-state index in [0.717, 1.165) is 35.7 Å². The summed E-state index contributed by atoms with van der Waals surface area (Å²) in [6.45, 7) is 1.99. The fourth-order valence-corrected chi connectivity index (χ4v) is 3.18. The number of nitrogens with zero attached hydrogens (tertiary/aromatic N) is 1. The molecule has 0 unspecified atom stereocenters. The highest BCUT2D eigenvalue weighted by Gasteiger charge is 2.18. The number of nitrogens with one attached hydrogen (secondary N) is 1. The van der Waals surface area contributed by atoms with Crippen molar-refractivity contribution in [3.05, 3.63) is 17.8 Å². The van der Waals surface area contributed by atoms with E-state index < -0.39 is 10.8 Å². The molecule has 16 heavy (non-hydrogen) atoms. The van der Waals surface area contributed by atoms with E-state index in [2.05, 4.69) is 10.3 Å². The van der Waals surface area contributed by atoms with Crippen LogP contribution in [0.2, 0.25) is 0 Å². The Morgan fingerprint density at radius 2 is 2.19 bits per heavy atom. The van der Waals surface area contributed by atoms with Crippen LogP contribution in [-0.2, 0) is 10.8 Å². The first kappa shape index (κ1) is 11.4. The van der Waals surface area contributed by atoms with Gasteiger partial charge in [0.05, 0.1) is 11.9 Å². The van der Waals surface area contributed by atoms with Gasteiger partial charge in [-0.25, -0.2) is 4.98 Å². The molecule has 1 aromatic heterocycles. The Morgan fingerprint density at radius 3 is 2.81 bits per heavy atom. The van der Waals surface area contributed by atoms with Gasteiger partial charge in [-0.15, -0.1) is 0 Å². The van der Waals surface area contributed by atoms with Gasteiger partial charge in [0, 0.05) is 28.3 Å². The van der Waals surface area contributed by atoms with Gasteiger partial charge in [-0.3, -0.25) is 4.21 Å². The van der Waals surface area contributed by atoms with Gasteiger partial charge < -0.3 is 11.1 Å². The van der Waals surface area contributed by atoms with Gasteiger partial charge in [0.1, 0.15) is 5.82 Å². The molecule has 0 radical (unpaired) electrons. The molecule has 3 N–H and O–H groups in total. The second-order valence-corrected chi connectivity index (χ2v) is 5.90. The van der Waals surface area contributed by atoms with E-state index in [1.807, 2.05) is 13.0 Å². The van der Waals surface area contributed by atoms with E-state index in [0.29, 0.717) is 11.7 Å². The first-order valence-electron chi connectivity index (χ1n) is 5.49. The molecule has 88 valence electrons. The van der Waals surface area contributed by atoms with Gasteiger partial charge in [-0.05, 0) is 31.4 Å². The molecule has 0 saturated carbocycles. The van der Waals surface area contributed by atoms with Crippen LogP contribution in [0, 0.1) is 6.92 Å². The topological polar surface area (TPSA) is 68.0 Å². The highest BCUT2D eigenvalue weighted by molar-refractivity contribution is 7.85. The summed E-state index contributed by atoms with van der Waals surface area (Å²) in [6, 6.07) is 2.31. The molecule has 1 aliphatic rings. The number of hydrogen-bond donors (Lipinski definition) is 2. The summed E-state index contributed by atoms with van der Waals surface area (Å²) in [5, 5.41) is 3.40. The average molecular weight is 239 g/mol. The van der Waals surface area contributed by atoms with Crippen LogP contribution in [0.25, 0.3) is 0 Å².